The van der Waals surface area contributed by atoms with Crippen molar-refractivity contribution in [3.05, 3.63) is 0 Å². The summed E-state index contributed by atoms with van der Waals surface area (Å²) in [6.45, 7) is 0.0674. The van der Waals surface area contributed by atoms with Crippen molar-refractivity contribution in [1.82, 2.24) is 4.90 Å². The van der Waals surface area contributed by atoms with Crippen molar-refractivity contribution in [1.29, 1.82) is 0 Å². The number of nitrogens with zero attached hydrogens (tertiary/aromatic N) is 1. The third-order valence-electron chi connectivity index (χ3n) is 2.48. The van der Waals surface area contributed by atoms with Gasteiger partial charge in [-0.15, -0.1) is 0 Å². The van der Waals surface area contributed by atoms with E-state index in [-0.39, 0.29) is 38.4 Å². The van der Waals surface area contributed by atoms with Crippen molar-refractivity contribution in [3.63, 3.8) is 0 Å². The van der Waals surface area contributed by atoms with Crippen LogP contribution in [0.3, 0.4) is 0 Å². The number of aliphatic carboxylic acids is 1. The van der Waals surface area contributed by atoms with E-state index in [0.29, 0.717) is 0 Å². The number of hydrogen-bond acceptors (Lipinski definition) is 3. The van der Waals surface area contributed by atoms with Crippen molar-refractivity contribution in [3.8, 4) is 0 Å². The maximum absolute atomic E-state index is 13.5. The lowest BCUT2D eigenvalue weighted by molar-refractivity contribution is -0.150. The molecule has 0 aromatic carbocycles. The first-order valence-electron chi connectivity index (χ1n) is 4.68. The molecule has 0 radical (unpaired) electrons. The van der Waals surface area contributed by atoms with Crippen molar-refractivity contribution in [2.24, 2.45) is 0 Å². The molecule has 1 atom stereocenters. The van der Waals surface area contributed by atoms with Crippen molar-refractivity contribution in [2.75, 3.05) is 26.8 Å². The van der Waals surface area contributed by atoms with E-state index in [2.05, 4.69) is 0 Å². The largest absolute Gasteiger partial charge is 0.479 e. The number of carboxylic acid groups (broad SMARTS) is 1. The van der Waals surface area contributed by atoms with E-state index in [1.165, 1.54) is 12.0 Å². The molecule has 0 bridgehead atoms. The van der Waals surface area contributed by atoms with E-state index < -0.39 is 11.6 Å². The summed E-state index contributed by atoms with van der Waals surface area (Å²) < 4.78 is 18.3. The third-order valence-corrected chi connectivity index (χ3v) is 2.48. The second kappa shape index (κ2) is 4.57. The Hall–Kier alpha value is -1.17. The van der Waals surface area contributed by atoms with E-state index in [9.17, 15) is 14.0 Å². The molecule has 1 rings (SSSR count). The summed E-state index contributed by atoms with van der Waals surface area (Å²) in [5, 5.41) is 8.61. The number of amides is 1. The summed E-state index contributed by atoms with van der Waals surface area (Å²) in [6.07, 6.45) is 0.0211. The molecule has 0 aromatic heterocycles. The van der Waals surface area contributed by atoms with Gasteiger partial charge in [0, 0.05) is 20.1 Å². The monoisotopic (exact) mass is 219 g/mol. The van der Waals surface area contributed by atoms with Gasteiger partial charge in [-0.1, -0.05) is 0 Å². The number of hydrogen-bond donors (Lipinski definition) is 1. The van der Waals surface area contributed by atoms with Gasteiger partial charge >= 0.3 is 5.97 Å². The molecule has 0 saturated carbocycles. The molecule has 15 heavy (non-hydrogen) atoms. The van der Waals surface area contributed by atoms with Crippen LogP contribution in [0.15, 0.2) is 0 Å². The van der Waals surface area contributed by atoms with Gasteiger partial charge in [-0.3, -0.25) is 4.79 Å². The van der Waals surface area contributed by atoms with E-state index >= 15 is 0 Å². The van der Waals surface area contributed by atoms with E-state index in [1.807, 2.05) is 0 Å². The Bertz CT molecular complexity index is 271. The summed E-state index contributed by atoms with van der Waals surface area (Å²) in [6, 6.07) is 0. The van der Waals surface area contributed by atoms with Gasteiger partial charge in [-0.25, -0.2) is 9.18 Å². The van der Waals surface area contributed by atoms with Gasteiger partial charge in [-0.05, 0) is 0 Å². The molecular weight excluding hydrogens is 205 g/mol. The van der Waals surface area contributed by atoms with Crippen LogP contribution >= 0.6 is 0 Å². The summed E-state index contributed by atoms with van der Waals surface area (Å²) in [7, 11) is 1.47. The lowest BCUT2D eigenvalue weighted by atomic mass is 10.1. The minimum atomic E-state index is -2.28. The molecular formula is C9H14FNO4. The summed E-state index contributed by atoms with van der Waals surface area (Å²) in [5.41, 5.74) is -2.28. The highest BCUT2D eigenvalue weighted by Crippen LogP contribution is 2.26. The highest BCUT2D eigenvalue weighted by atomic mass is 19.1. The van der Waals surface area contributed by atoms with Crippen LogP contribution in [0.1, 0.15) is 12.8 Å². The first-order valence-corrected chi connectivity index (χ1v) is 4.68. The zero-order valence-electron chi connectivity index (χ0n) is 8.53. The van der Waals surface area contributed by atoms with Crippen molar-refractivity contribution in [2.45, 2.75) is 18.5 Å². The van der Waals surface area contributed by atoms with Crippen LogP contribution in [0, 0.1) is 0 Å². The van der Waals surface area contributed by atoms with Crippen LogP contribution in [-0.4, -0.2) is 54.4 Å². The van der Waals surface area contributed by atoms with Gasteiger partial charge in [0.15, 0.2) is 0 Å². The van der Waals surface area contributed by atoms with Crippen molar-refractivity contribution < 1.29 is 23.8 Å². The number of rotatable bonds is 4. The van der Waals surface area contributed by atoms with Gasteiger partial charge in [0.05, 0.1) is 19.6 Å². The predicted octanol–water partition coefficient (Wildman–Crippen LogP) is 0.0481. The molecule has 1 N–H and O–H groups in total. The second-order valence-corrected chi connectivity index (χ2v) is 3.58. The summed E-state index contributed by atoms with van der Waals surface area (Å²) in [5.74, 6) is -1.76. The first-order chi connectivity index (χ1) is 6.99. The molecule has 1 amide bonds. The van der Waals surface area contributed by atoms with Crippen LogP contribution in [0.25, 0.3) is 0 Å². The number of ether oxygens (including phenoxy) is 1. The maximum atomic E-state index is 13.5. The van der Waals surface area contributed by atoms with Crippen LogP contribution in [0.5, 0.6) is 0 Å². The van der Waals surface area contributed by atoms with Crippen molar-refractivity contribution >= 4 is 11.9 Å². The van der Waals surface area contributed by atoms with Crippen LogP contribution in [0.2, 0.25) is 0 Å². The highest BCUT2D eigenvalue weighted by Gasteiger charge is 2.46. The molecule has 1 heterocycles. The smallest absolute Gasteiger partial charge is 0.343 e. The van der Waals surface area contributed by atoms with Gasteiger partial charge in [0.2, 0.25) is 11.6 Å². The lowest BCUT2D eigenvalue weighted by Crippen LogP contribution is -2.39. The SMILES string of the molecule is COCCC(=O)N1CCC(F)(C(=O)O)C1. The number of carbonyl (C=O) groups is 2. The molecule has 1 aliphatic rings. The molecule has 6 heteroatoms. The average Bonchev–Trinajstić information content (AvgIpc) is 2.59. The molecule has 0 aromatic rings. The third kappa shape index (κ3) is 2.65. The van der Waals surface area contributed by atoms with Crippen LogP contribution < -0.4 is 0 Å². The molecule has 86 valence electrons. The zero-order chi connectivity index (χ0) is 11.5. The van der Waals surface area contributed by atoms with Gasteiger partial charge in [0.1, 0.15) is 0 Å². The number of halogens is 1. The number of likely N-dealkylation sites (tertiary alicyclic amines) is 1. The number of methoxy groups -OCH3 is 1. The Morgan fingerprint density at radius 2 is 2.27 bits per heavy atom. The number of alkyl halides is 1. The van der Waals surface area contributed by atoms with Crippen LogP contribution in [0.4, 0.5) is 4.39 Å². The minimum Gasteiger partial charge on any atom is -0.479 e. The Balaban J connectivity index is 2.49. The first kappa shape index (κ1) is 11.9. The fraction of sp³-hybridized carbons (Fsp3) is 0.778. The van der Waals surface area contributed by atoms with Gasteiger partial charge in [-0.2, -0.15) is 0 Å². The van der Waals surface area contributed by atoms with Gasteiger partial charge < -0.3 is 14.7 Å². The van der Waals surface area contributed by atoms with Gasteiger partial charge in [0.25, 0.3) is 0 Å². The predicted molar refractivity (Wildman–Crippen MR) is 49.2 cm³/mol. The Morgan fingerprint density at radius 1 is 1.60 bits per heavy atom. The highest BCUT2D eigenvalue weighted by molar-refractivity contribution is 5.82. The average molecular weight is 219 g/mol. The second-order valence-electron chi connectivity index (χ2n) is 3.58. The molecule has 1 fully saturated rings. The van der Waals surface area contributed by atoms with E-state index in [4.69, 9.17) is 9.84 Å². The summed E-state index contributed by atoms with van der Waals surface area (Å²) >= 11 is 0. The Kier molecular flexibility index (Phi) is 3.62. The van der Waals surface area contributed by atoms with E-state index in [0.717, 1.165) is 0 Å². The van der Waals surface area contributed by atoms with E-state index in [1.54, 1.807) is 0 Å². The normalized spacial score (nSPS) is 25.6. The molecule has 0 aliphatic carbocycles. The fourth-order valence-corrected chi connectivity index (χ4v) is 1.51. The Labute approximate surface area is 86.8 Å². The zero-order valence-corrected chi connectivity index (χ0v) is 8.53. The molecule has 1 unspecified atom stereocenters. The topological polar surface area (TPSA) is 66.8 Å². The fourth-order valence-electron chi connectivity index (χ4n) is 1.51. The number of carboxylic acids is 1. The number of carbonyl (C=O) groups excluding carboxylic acids is 1. The molecule has 1 aliphatic heterocycles. The Morgan fingerprint density at radius 3 is 2.73 bits per heavy atom. The molecule has 1 saturated heterocycles. The quantitative estimate of drug-likeness (QED) is 0.725. The van der Waals surface area contributed by atoms with Crippen LogP contribution in [-0.2, 0) is 14.3 Å². The maximum Gasteiger partial charge on any atom is 0.343 e. The standard InChI is InChI=1S/C9H14FNO4/c1-15-5-2-7(12)11-4-3-9(10,6-11)8(13)14/h2-6H2,1H3,(H,13,14). The lowest BCUT2D eigenvalue weighted by Gasteiger charge is -2.17. The minimum absolute atomic E-state index is 0.138. The summed E-state index contributed by atoms with van der Waals surface area (Å²) in [4.78, 5) is 23.2. The molecule has 0 spiro atoms. The molecule has 5 nitrogen and oxygen atoms in total.